The van der Waals surface area contributed by atoms with Gasteiger partial charge >= 0.3 is 0 Å². The largest absolute Gasteiger partial charge is 0.327 e. The summed E-state index contributed by atoms with van der Waals surface area (Å²) in [6.45, 7) is 0. The number of aryl methyl sites for hydroxylation is 2. The summed E-state index contributed by atoms with van der Waals surface area (Å²) in [6, 6.07) is 8.88. The van der Waals surface area contributed by atoms with Crippen LogP contribution in [0.3, 0.4) is 0 Å². The molecule has 0 radical (unpaired) electrons. The van der Waals surface area contributed by atoms with Gasteiger partial charge in [0.25, 0.3) is 0 Å². The average Bonchev–Trinajstić information content (AvgIpc) is 2.83. The van der Waals surface area contributed by atoms with E-state index in [-0.39, 0.29) is 6.04 Å². The van der Waals surface area contributed by atoms with Crippen LogP contribution in [0.25, 0.3) is 0 Å². The Labute approximate surface area is 113 Å². The molecule has 2 N–H and O–H groups in total. The van der Waals surface area contributed by atoms with Gasteiger partial charge in [0.2, 0.25) is 0 Å². The second-order valence-corrected chi connectivity index (χ2v) is 5.52. The number of rotatable bonds is 3. The number of nitrogens with zero attached hydrogens (tertiary/aromatic N) is 3. The SMILES string of the molecule is Cn1cc(CC(N)C2CCc3ccccc3C2)nn1. The molecule has 19 heavy (non-hydrogen) atoms. The summed E-state index contributed by atoms with van der Waals surface area (Å²) in [5.74, 6) is 0.553. The molecule has 3 rings (SSSR count). The fraction of sp³-hybridized carbons (Fsp3) is 0.467. The Kier molecular flexibility index (Phi) is 3.34. The van der Waals surface area contributed by atoms with Crippen LogP contribution in [0.1, 0.15) is 23.2 Å². The van der Waals surface area contributed by atoms with Gasteiger partial charge in [0.05, 0.1) is 5.69 Å². The second-order valence-electron chi connectivity index (χ2n) is 5.52. The van der Waals surface area contributed by atoms with Crippen molar-refractivity contribution in [3.8, 4) is 0 Å². The molecule has 1 aromatic heterocycles. The third-order valence-electron chi connectivity index (χ3n) is 4.09. The van der Waals surface area contributed by atoms with Crippen molar-refractivity contribution >= 4 is 0 Å². The first-order valence-corrected chi connectivity index (χ1v) is 6.90. The van der Waals surface area contributed by atoms with Gasteiger partial charge in [-0.2, -0.15) is 0 Å². The number of nitrogens with two attached hydrogens (primary N) is 1. The molecule has 0 amide bonds. The summed E-state index contributed by atoms with van der Waals surface area (Å²) in [4.78, 5) is 0. The minimum Gasteiger partial charge on any atom is -0.327 e. The lowest BCUT2D eigenvalue weighted by Gasteiger charge is -2.28. The zero-order valence-corrected chi connectivity index (χ0v) is 11.3. The lowest BCUT2D eigenvalue weighted by Crippen LogP contribution is -2.36. The molecular weight excluding hydrogens is 236 g/mol. The van der Waals surface area contributed by atoms with E-state index < -0.39 is 0 Å². The van der Waals surface area contributed by atoms with Crippen LogP contribution in [0.15, 0.2) is 30.5 Å². The van der Waals surface area contributed by atoms with Crippen LogP contribution in [0, 0.1) is 5.92 Å². The highest BCUT2D eigenvalue weighted by Crippen LogP contribution is 2.27. The van der Waals surface area contributed by atoms with Gasteiger partial charge in [0, 0.05) is 25.7 Å². The number of aromatic nitrogens is 3. The fourth-order valence-electron chi connectivity index (χ4n) is 2.99. The third kappa shape index (κ3) is 2.68. The minimum absolute atomic E-state index is 0.171. The minimum atomic E-state index is 0.171. The Morgan fingerprint density at radius 2 is 2.16 bits per heavy atom. The van der Waals surface area contributed by atoms with E-state index in [1.807, 2.05) is 13.2 Å². The van der Waals surface area contributed by atoms with E-state index in [0.29, 0.717) is 5.92 Å². The topological polar surface area (TPSA) is 56.7 Å². The molecule has 0 saturated heterocycles. The Hall–Kier alpha value is -1.68. The van der Waals surface area contributed by atoms with Gasteiger partial charge in [-0.15, -0.1) is 5.10 Å². The maximum Gasteiger partial charge on any atom is 0.0842 e. The molecule has 4 nitrogen and oxygen atoms in total. The Bertz CT molecular complexity index is 561. The molecule has 1 aromatic carbocycles. The van der Waals surface area contributed by atoms with Crippen molar-refractivity contribution < 1.29 is 0 Å². The maximum absolute atomic E-state index is 6.37. The number of benzene rings is 1. The lowest BCUT2D eigenvalue weighted by molar-refractivity contribution is 0.370. The van der Waals surface area contributed by atoms with Gasteiger partial charge in [0.15, 0.2) is 0 Å². The van der Waals surface area contributed by atoms with Gasteiger partial charge in [-0.1, -0.05) is 29.5 Å². The Balaban J connectivity index is 1.67. The summed E-state index contributed by atoms with van der Waals surface area (Å²) < 4.78 is 1.73. The summed E-state index contributed by atoms with van der Waals surface area (Å²) >= 11 is 0. The van der Waals surface area contributed by atoms with E-state index in [1.165, 1.54) is 17.5 Å². The molecule has 0 spiro atoms. The van der Waals surface area contributed by atoms with Crippen LogP contribution >= 0.6 is 0 Å². The normalized spacial score (nSPS) is 20.0. The van der Waals surface area contributed by atoms with Gasteiger partial charge < -0.3 is 5.73 Å². The zero-order valence-electron chi connectivity index (χ0n) is 11.3. The highest BCUT2D eigenvalue weighted by molar-refractivity contribution is 5.30. The molecule has 1 heterocycles. The van der Waals surface area contributed by atoms with Crippen LogP contribution in [0.4, 0.5) is 0 Å². The number of fused-ring (bicyclic) bond motifs is 1. The van der Waals surface area contributed by atoms with Crippen molar-refractivity contribution in [3.05, 3.63) is 47.3 Å². The molecule has 0 bridgehead atoms. The standard InChI is InChI=1S/C15H20N4/c1-19-10-14(17-18-19)9-15(16)13-7-6-11-4-2-3-5-12(11)8-13/h2-5,10,13,15H,6-9,16H2,1H3. The first-order chi connectivity index (χ1) is 9.22. The van der Waals surface area contributed by atoms with E-state index in [0.717, 1.165) is 25.0 Å². The number of hydrogen-bond donors (Lipinski definition) is 1. The third-order valence-corrected chi connectivity index (χ3v) is 4.09. The zero-order chi connectivity index (χ0) is 13.2. The predicted molar refractivity (Wildman–Crippen MR) is 74.6 cm³/mol. The number of hydrogen-bond acceptors (Lipinski definition) is 3. The summed E-state index contributed by atoms with van der Waals surface area (Å²) in [6.07, 6.45) is 6.20. The molecule has 0 saturated carbocycles. The van der Waals surface area contributed by atoms with Crippen LogP contribution in [-0.4, -0.2) is 21.0 Å². The van der Waals surface area contributed by atoms with Gasteiger partial charge in [0.1, 0.15) is 0 Å². The molecule has 100 valence electrons. The molecule has 4 heteroatoms. The van der Waals surface area contributed by atoms with Crippen molar-refractivity contribution in [2.45, 2.75) is 31.7 Å². The highest BCUT2D eigenvalue weighted by Gasteiger charge is 2.24. The van der Waals surface area contributed by atoms with Crippen molar-refractivity contribution in [1.82, 2.24) is 15.0 Å². The van der Waals surface area contributed by atoms with Gasteiger partial charge in [-0.25, -0.2) is 0 Å². The summed E-state index contributed by atoms with van der Waals surface area (Å²) in [5, 5.41) is 8.09. The Morgan fingerprint density at radius 3 is 2.89 bits per heavy atom. The van der Waals surface area contributed by atoms with Crippen molar-refractivity contribution in [2.24, 2.45) is 18.7 Å². The molecule has 2 aromatic rings. The van der Waals surface area contributed by atoms with Crippen LogP contribution in [-0.2, 0) is 26.3 Å². The van der Waals surface area contributed by atoms with Gasteiger partial charge in [-0.05, 0) is 36.3 Å². The lowest BCUT2D eigenvalue weighted by atomic mass is 9.79. The van der Waals surface area contributed by atoms with Crippen molar-refractivity contribution in [3.63, 3.8) is 0 Å². The summed E-state index contributed by atoms with van der Waals surface area (Å²) in [5.41, 5.74) is 10.3. The summed E-state index contributed by atoms with van der Waals surface area (Å²) in [7, 11) is 1.89. The molecular formula is C15H20N4. The smallest absolute Gasteiger partial charge is 0.0842 e. The monoisotopic (exact) mass is 256 g/mol. The Morgan fingerprint density at radius 1 is 1.37 bits per heavy atom. The predicted octanol–water partition coefficient (Wildman–Crippen LogP) is 1.49. The van der Waals surface area contributed by atoms with Crippen molar-refractivity contribution in [1.29, 1.82) is 0 Å². The fourth-order valence-corrected chi connectivity index (χ4v) is 2.99. The van der Waals surface area contributed by atoms with Crippen LogP contribution in [0.2, 0.25) is 0 Å². The first-order valence-electron chi connectivity index (χ1n) is 6.90. The van der Waals surface area contributed by atoms with E-state index >= 15 is 0 Å². The average molecular weight is 256 g/mol. The molecule has 2 atom stereocenters. The highest BCUT2D eigenvalue weighted by atomic mass is 15.4. The molecule has 1 aliphatic carbocycles. The molecule has 0 aliphatic heterocycles. The molecule has 2 unspecified atom stereocenters. The van der Waals surface area contributed by atoms with Gasteiger partial charge in [-0.3, -0.25) is 4.68 Å². The quantitative estimate of drug-likeness (QED) is 0.905. The van der Waals surface area contributed by atoms with E-state index in [4.69, 9.17) is 5.73 Å². The maximum atomic E-state index is 6.37. The molecule has 1 aliphatic rings. The van der Waals surface area contributed by atoms with Crippen LogP contribution < -0.4 is 5.73 Å². The second kappa shape index (κ2) is 5.13. The van der Waals surface area contributed by atoms with E-state index in [1.54, 1.807) is 4.68 Å². The van der Waals surface area contributed by atoms with Crippen LogP contribution in [0.5, 0.6) is 0 Å². The molecule has 0 fully saturated rings. The van der Waals surface area contributed by atoms with E-state index in [9.17, 15) is 0 Å². The first kappa shape index (κ1) is 12.4. The van der Waals surface area contributed by atoms with Crippen molar-refractivity contribution in [2.75, 3.05) is 0 Å². The van der Waals surface area contributed by atoms with E-state index in [2.05, 4.69) is 34.6 Å².